The van der Waals surface area contributed by atoms with Gasteiger partial charge >= 0.3 is 5.97 Å². The number of hydrogen-bond donors (Lipinski definition) is 0. The monoisotopic (exact) mass is 172 g/mol. The number of carbonyl (C=O) groups is 3. The van der Waals surface area contributed by atoms with E-state index in [4.69, 9.17) is 0 Å². The van der Waals surface area contributed by atoms with Gasteiger partial charge in [0.2, 0.25) is 0 Å². The third kappa shape index (κ3) is 3.27. The molecule has 4 heteroatoms. The van der Waals surface area contributed by atoms with Gasteiger partial charge in [-0.25, -0.2) is 0 Å². The number of ether oxygens (including phenoxy) is 1. The quantitative estimate of drug-likeness (QED) is 0.453. The van der Waals surface area contributed by atoms with E-state index >= 15 is 0 Å². The second kappa shape index (κ2) is 4.64. The number of Topliss-reactive ketones (excluding diaryl/α,β-unsaturated/α-hetero) is 2. The summed E-state index contributed by atoms with van der Waals surface area (Å²) in [5.74, 6) is -2.06. The maximum Gasteiger partial charge on any atom is 0.315 e. The maximum absolute atomic E-state index is 11.0. The highest BCUT2D eigenvalue weighted by Gasteiger charge is 2.22. The second-order valence-corrected chi connectivity index (χ2v) is 2.59. The summed E-state index contributed by atoms with van der Waals surface area (Å²) in [7, 11) is 1.21. The smallest absolute Gasteiger partial charge is 0.315 e. The van der Waals surface area contributed by atoms with Crippen molar-refractivity contribution >= 4 is 17.5 Å². The molecule has 0 aliphatic carbocycles. The molecule has 12 heavy (non-hydrogen) atoms. The molecule has 4 nitrogen and oxygen atoms in total. The largest absolute Gasteiger partial charge is 0.468 e. The third-order valence-corrected chi connectivity index (χ3v) is 1.46. The first-order valence-corrected chi connectivity index (χ1v) is 3.59. The van der Waals surface area contributed by atoms with Gasteiger partial charge in [-0.1, -0.05) is 0 Å². The summed E-state index contributed by atoms with van der Waals surface area (Å²) in [6, 6.07) is 0. The molecule has 0 rings (SSSR count). The summed E-state index contributed by atoms with van der Waals surface area (Å²) in [6.07, 6.45) is -0.198. The van der Waals surface area contributed by atoms with E-state index in [1.165, 1.54) is 21.0 Å². The van der Waals surface area contributed by atoms with Crippen LogP contribution in [0.25, 0.3) is 0 Å². The van der Waals surface area contributed by atoms with Crippen molar-refractivity contribution in [1.82, 2.24) is 0 Å². The fraction of sp³-hybridized carbons (Fsp3) is 0.625. The van der Waals surface area contributed by atoms with Crippen molar-refractivity contribution in [3.63, 3.8) is 0 Å². The van der Waals surface area contributed by atoms with E-state index in [0.717, 1.165) is 0 Å². The Morgan fingerprint density at radius 2 is 1.83 bits per heavy atom. The van der Waals surface area contributed by atoms with Crippen molar-refractivity contribution in [2.24, 2.45) is 5.92 Å². The van der Waals surface area contributed by atoms with Crippen LogP contribution in [0.1, 0.15) is 20.3 Å². The lowest BCUT2D eigenvalue weighted by Gasteiger charge is -2.05. The summed E-state index contributed by atoms with van der Waals surface area (Å²) in [5.41, 5.74) is 0. The lowest BCUT2D eigenvalue weighted by atomic mass is 10.0. The molecule has 0 saturated heterocycles. The summed E-state index contributed by atoms with van der Waals surface area (Å²) in [6.45, 7) is 2.74. The first-order valence-electron chi connectivity index (χ1n) is 3.59. The van der Waals surface area contributed by atoms with Crippen LogP contribution in [0.3, 0.4) is 0 Å². The molecule has 0 saturated carbocycles. The zero-order valence-corrected chi connectivity index (χ0v) is 7.42. The zero-order valence-electron chi connectivity index (χ0n) is 7.42. The minimum atomic E-state index is -0.834. The summed E-state index contributed by atoms with van der Waals surface area (Å²) in [4.78, 5) is 32.3. The van der Waals surface area contributed by atoms with Crippen molar-refractivity contribution in [2.75, 3.05) is 7.11 Å². The van der Waals surface area contributed by atoms with Gasteiger partial charge in [0.15, 0.2) is 5.78 Å². The molecule has 0 aromatic carbocycles. The fourth-order valence-electron chi connectivity index (χ4n) is 0.707. The van der Waals surface area contributed by atoms with Crippen LogP contribution < -0.4 is 0 Å². The van der Waals surface area contributed by atoms with Crippen LogP contribution >= 0.6 is 0 Å². The van der Waals surface area contributed by atoms with E-state index in [2.05, 4.69) is 4.74 Å². The average molecular weight is 172 g/mol. The van der Waals surface area contributed by atoms with Crippen molar-refractivity contribution in [3.05, 3.63) is 0 Å². The van der Waals surface area contributed by atoms with Gasteiger partial charge in [0.05, 0.1) is 13.5 Å². The van der Waals surface area contributed by atoms with Crippen LogP contribution in [0.5, 0.6) is 0 Å². The van der Waals surface area contributed by atoms with Crippen LogP contribution in [0.2, 0.25) is 0 Å². The molecule has 0 N–H and O–H groups in total. The van der Waals surface area contributed by atoms with Gasteiger partial charge in [-0.15, -0.1) is 0 Å². The normalized spacial score (nSPS) is 11.9. The Bertz CT molecular complexity index is 207. The molecular weight excluding hydrogens is 160 g/mol. The maximum atomic E-state index is 11.0. The van der Waals surface area contributed by atoms with E-state index in [9.17, 15) is 14.4 Å². The van der Waals surface area contributed by atoms with Crippen LogP contribution in [0.4, 0.5) is 0 Å². The molecule has 1 unspecified atom stereocenters. The number of rotatable bonds is 4. The third-order valence-electron chi connectivity index (χ3n) is 1.46. The minimum absolute atomic E-state index is 0.198. The molecule has 0 bridgehead atoms. The SMILES string of the molecule is COC(=O)C(C)C(=O)CC(C)=O. The molecular formula is C8H12O4. The summed E-state index contributed by atoms with van der Waals surface area (Å²) >= 11 is 0. The number of carbonyl (C=O) groups excluding carboxylic acids is 3. The average Bonchev–Trinajstić information content (AvgIpc) is 2.00. The van der Waals surface area contributed by atoms with Crippen LogP contribution in [0.15, 0.2) is 0 Å². The number of methoxy groups -OCH3 is 1. The topological polar surface area (TPSA) is 60.4 Å². The molecule has 0 radical (unpaired) electrons. The Morgan fingerprint density at radius 3 is 2.17 bits per heavy atom. The first kappa shape index (κ1) is 10.8. The van der Waals surface area contributed by atoms with E-state index < -0.39 is 17.7 Å². The molecule has 0 heterocycles. The summed E-state index contributed by atoms with van der Waals surface area (Å²) in [5, 5.41) is 0. The van der Waals surface area contributed by atoms with Gasteiger partial charge in [-0.05, 0) is 13.8 Å². The molecule has 68 valence electrons. The van der Waals surface area contributed by atoms with Crippen LogP contribution in [0, 0.1) is 5.92 Å². The van der Waals surface area contributed by atoms with Crippen molar-refractivity contribution in [2.45, 2.75) is 20.3 Å². The molecule has 0 spiro atoms. The Kier molecular flexibility index (Phi) is 4.18. The standard InChI is InChI=1S/C8H12O4/c1-5(9)4-7(10)6(2)8(11)12-3/h6H,4H2,1-3H3. The predicted octanol–water partition coefficient (Wildman–Crippen LogP) is 0.344. The molecule has 0 fully saturated rings. The first-order chi connectivity index (χ1) is 5.49. The molecule has 1 atom stereocenters. The lowest BCUT2D eigenvalue weighted by Crippen LogP contribution is -2.23. The Hall–Kier alpha value is -1.19. The van der Waals surface area contributed by atoms with Gasteiger partial charge in [0, 0.05) is 0 Å². The molecule has 0 aliphatic rings. The Morgan fingerprint density at radius 1 is 1.33 bits per heavy atom. The zero-order chi connectivity index (χ0) is 9.72. The van der Waals surface area contributed by atoms with Gasteiger partial charge in [0.25, 0.3) is 0 Å². The lowest BCUT2D eigenvalue weighted by molar-refractivity contribution is -0.148. The number of ketones is 2. The van der Waals surface area contributed by atoms with Crippen LogP contribution in [-0.4, -0.2) is 24.6 Å². The van der Waals surface area contributed by atoms with Gasteiger partial charge in [0.1, 0.15) is 11.7 Å². The molecule has 0 aliphatic heterocycles. The Labute approximate surface area is 70.9 Å². The van der Waals surface area contributed by atoms with E-state index in [1.54, 1.807) is 0 Å². The van der Waals surface area contributed by atoms with Gasteiger partial charge in [-0.2, -0.15) is 0 Å². The highest BCUT2D eigenvalue weighted by atomic mass is 16.5. The Balaban J connectivity index is 4.10. The van der Waals surface area contributed by atoms with Gasteiger partial charge < -0.3 is 4.74 Å². The van der Waals surface area contributed by atoms with Crippen molar-refractivity contribution < 1.29 is 19.1 Å². The minimum Gasteiger partial charge on any atom is -0.468 e. The number of esters is 1. The highest BCUT2D eigenvalue weighted by Crippen LogP contribution is 2.03. The van der Waals surface area contributed by atoms with Crippen molar-refractivity contribution in [1.29, 1.82) is 0 Å². The van der Waals surface area contributed by atoms with Crippen molar-refractivity contribution in [3.8, 4) is 0 Å². The van der Waals surface area contributed by atoms with E-state index in [1.807, 2.05) is 0 Å². The summed E-state index contributed by atoms with van der Waals surface area (Å²) < 4.78 is 4.34. The van der Waals surface area contributed by atoms with Crippen LogP contribution in [-0.2, 0) is 19.1 Å². The molecule has 0 amide bonds. The molecule has 0 aromatic heterocycles. The predicted molar refractivity (Wildman–Crippen MR) is 41.5 cm³/mol. The highest BCUT2D eigenvalue weighted by molar-refractivity contribution is 6.06. The molecule has 0 aromatic rings. The van der Waals surface area contributed by atoms with E-state index in [0.29, 0.717) is 0 Å². The second-order valence-electron chi connectivity index (χ2n) is 2.59. The van der Waals surface area contributed by atoms with Gasteiger partial charge in [-0.3, -0.25) is 14.4 Å². The number of hydrogen-bond acceptors (Lipinski definition) is 4. The van der Waals surface area contributed by atoms with E-state index in [-0.39, 0.29) is 12.2 Å². The fourth-order valence-corrected chi connectivity index (χ4v) is 0.707.